The van der Waals surface area contributed by atoms with Crippen LogP contribution in [-0.4, -0.2) is 55.2 Å². The van der Waals surface area contributed by atoms with Crippen LogP contribution in [0.2, 0.25) is 0 Å². The second-order valence-corrected chi connectivity index (χ2v) is 5.43. The van der Waals surface area contributed by atoms with Crippen LogP contribution in [0.1, 0.15) is 27.7 Å². The largest absolute Gasteiger partial charge is 0.373 e. The van der Waals surface area contributed by atoms with E-state index in [1.807, 2.05) is 13.8 Å². The zero-order chi connectivity index (χ0) is 11.8. The number of ether oxygens (including phenoxy) is 3. The summed E-state index contributed by atoms with van der Waals surface area (Å²) in [5.74, 6) is -0.409. The van der Waals surface area contributed by atoms with Crippen LogP contribution in [0.3, 0.4) is 0 Å². The Kier molecular flexibility index (Phi) is 3.54. The molecule has 0 spiro atoms. The van der Waals surface area contributed by atoms with Crippen molar-refractivity contribution < 1.29 is 14.2 Å². The van der Waals surface area contributed by atoms with Gasteiger partial charge in [0.2, 0.25) is 0 Å². The Hall–Kier alpha value is -0.160. The van der Waals surface area contributed by atoms with E-state index in [0.29, 0.717) is 18.8 Å². The molecule has 0 radical (unpaired) electrons. The number of hydrogen-bond donors (Lipinski definition) is 0. The first-order valence-electron chi connectivity index (χ1n) is 6.14. The van der Waals surface area contributed by atoms with Crippen LogP contribution in [0.25, 0.3) is 0 Å². The Morgan fingerprint density at radius 1 is 1.19 bits per heavy atom. The summed E-state index contributed by atoms with van der Waals surface area (Å²) in [6.07, 6.45) is 0.839. The molecule has 2 heterocycles. The monoisotopic (exact) mass is 229 g/mol. The van der Waals surface area contributed by atoms with Crippen molar-refractivity contribution in [1.29, 1.82) is 0 Å². The molecule has 0 aromatic rings. The third kappa shape index (κ3) is 3.17. The smallest absolute Gasteiger partial charge is 0.163 e. The van der Waals surface area contributed by atoms with Gasteiger partial charge >= 0.3 is 0 Å². The standard InChI is InChI=1S/C12H23NO3/c1-9-5-13(6-10(2)15-9)7-11-8-14-12(3,4)16-11/h9-11H,5-8H2,1-4H3/t9-,10-,11+/m0/s1. The second-order valence-electron chi connectivity index (χ2n) is 5.43. The van der Waals surface area contributed by atoms with Gasteiger partial charge in [-0.2, -0.15) is 0 Å². The van der Waals surface area contributed by atoms with Gasteiger partial charge in [-0.1, -0.05) is 0 Å². The highest BCUT2D eigenvalue weighted by atomic mass is 16.7. The van der Waals surface area contributed by atoms with Crippen molar-refractivity contribution in [1.82, 2.24) is 4.90 Å². The molecule has 0 bridgehead atoms. The SMILES string of the molecule is C[C@H]1CN(C[C@@H]2COC(C)(C)O2)C[C@H](C)O1. The molecule has 2 fully saturated rings. The lowest BCUT2D eigenvalue weighted by Crippen LogP contribution is -2.48. The Balaban J connectivity index is 1.81. The predicted octanol–water partition coefficient (Wildman–Crippen LogP) is 1.25. The molecule has 2 saturated heterocycles. The van der Waals surface area contributed by atoms with Crippen molar-refractivity contribution in [2.45, 2.75) is 51.8 Å². The maximum atomic E-state index is 5.82. The molecule has 2 aliphatic heterocycles. The van der Waals surface area contributed by atoms with Gasteiger partial charge in [-0.3, -0.25) is 4.90 Å². The Morgan fingerprint density at radius 3 is 2.31 bits per heavy atom. The first-order chi connectivity index (χ1) is 7.44. The topological polar surface area (TPSA) is 30.9 Å². The Bertz CT molecular complexity index is 234. The summed E-state index contributed by atoms with van der Waals surface area (Å²) < 4.78 is 17.1. The fraction of sp³-hybridized carbons (Fsp3) is 1.00. The van der Waals surface area contributed by atoms with Gasteiger partial charge in [0.1, 0.15) is 0 Å². The van der Waals surface area contributed by atoms with Gasteiger partial charge in [0.05, 0.1) is 24.9 Å². The third-order valence-corrected chi connectivity index (χ3v) is 3.02. The minimum Gasteiger partial charge on any atom is -0.373 e. The molecule has 0 aliphatic carbocycles. The molecule has 2 rings (SSSR count). The van der Waals surface area contributed by atoms with Gasteiger partial charge in [0.15, 0.2) is 5.79 Å². The summed E-state index contributed by atoms with van der Waals surface area (Å²) >= 11 is 0. The van der Waals surface area contributed by atoms with Crippen molar-refractivity contribution in [2.75, 3.05) is 26.2 Å². The maximum Gasteiger partial charge on any atom is 0.163 e. The van der Waals surface area contributed by atoms with Crippen molar-refractivity contribution >= 4 is 0 Å². The average Bonchev–Trinajstić information content (AvgIpc) is 2.43. The number of hydrogen-bond acceptors (Lipinski definition) is 4. The highest BCUT2D eigenvalue weighted by Gasteiger charge is 2.34. The molecule has 0 amide bonds. The summed E-state index contributed by atoms with van der Waals surface area (Å²) in [5.41, 5.74) is 0. The van der Waals surface area contributed by atoms with E-state index in [2.05, 4.69) is 18.7 Å². The molecular weight excluding hydrogens is 206 g/mol. The molecular formula is C12H23NO3. The van der Waals surface area contributed by atoms with E-state index in [1.165, 1.54) is 0 Å². The highest BCUT2D eigenvalue weighted by Crippen LogP contribution is 2.23. The van der Waals surface area contributed by atoms with E-state index in [4.69, 9.17) is 14.2 Å². The van der Waals surface area contributed by atoms with Crippen molar-refractivity contribution in [3.05, 3.63) is 0 Å². The quantitative estimate of drug-likeness (QED) is 0.713. The normalized spacial score (nSPS) is 40.1. The molecule has 4 nitrogen and oxygen atoms in total. The van der Waals surface area contributed by atoms with Gasteiger partial charge < -0.3 is 14.2 Å². The molecule has 0 N–H and O–H groups in total. The Labute approximate surface area is 97.8 Å². The molecule has 2 aliphatic rings. The fourth-order valence-corrected chi connectivity index (χ4v) is 2.57. The lowest BCUT2D eigenvalue weighted by atomic mass is 10.2. The van der Waals surface area contributed by atoms with Crippen molar-refractivity contribution in [3.63, 3.8) is 0 Å². The van der Waals surface area contributed by atoms with Crippen LogP contribution in [0, 0.1) is 0 Å². The molecule has 0 aromatic carbocycles. The lowest BCUT2D eigenvalue weighted by molar-refractivity contribution is -0.144. The summed E-state index contributed by atoms with van der Waals surface area (Å²) in [4.78, 5) is 2.41. The van der Waals surface area contributed by atoms with E-state index in [1.54, 1.807) is 0 Å². The van der Waals surface area contributed by atoms with Crippen LogP contribution in [-0.2, 0) is 14.2 Å². The lowest BCUT2D eigenvalue weighted by Gasteiger charge is -2.36. The first-order valence-corrected chi connectivity index (χ1v) is 6.14. The Morgan fingerprint density at radius 2 is 1.81 bits per heavy atom. The predicted molar refractivity (Wildman–Crippen MR) is 61.4 cm³/mol. The van der Waals surface area contributed by atoms with Crippen LogP contribution in [0.5, 0.6) is 0 Å². The maximum absolute atomic E-state index is 5.82. The van der Waals surface area contributed by atoms with Gasteiger partial charge in [0, 0.05) is 19.6 Å². The molecule has 3 atom stereocenters. The van der Waals surface area contributed by atoms with Crippen LogP contribution >= 0.6 is 0 Å². The van der Waals surface area contributed by atoms with E-state index < -0.39 is 5.79 Å². The summed E-state index contributed by atoms with van der Waals surface area (Å²) in [5, 5.41) is 0. The molecule has 0 saturated carbocycles. The first kappa shape index (κ1) is 12.3. The van der Waals surface area contributed by atoms with E-state index in [0.717, 1.165) is 19.6 Å². The number of nitrogens with zero attached hydrogens (tertiary/aromatic N) is 1. The summed E-state index contributed by atoms with van der Waals surface area (Å²) in [6.45, 7) is 11.8. The fourth-order valence-electron chi connectivity index (χ4n) is 2.57. The van der Waals surface area contributed by atoms with Gasteiger partial charge in [-0.05, 0) is 27.7 Å². The molecule has 0 aromatic heterocycles. The molecule has 94 valence electrons. The van der Waals surface area contributed by atoms with Gasteiger partial charge in [-0.15, -0.1) is 0 Å². The van der Waals surface area contributed by atoms with Crippen LogP contribution < -0.4 is 0 Å². The number of rotatable bonds is 2. The zero-order valence-electron chi connectivity index (χ0n) is 10.7. The van der Waals surface area contributed by atoms with Crippen molar-refractivity contribution in [3.8, 4) is 0 Å². The molecule has 16 heavy (non-hydrogen) atoms. The molecule has 4 heteroatoms. The van der Waals surface area contributed by atoms with Crippen LogP contribution in [0.15, 0.2) is 0 Å². The van der Waals surface area contributed by atoms with E-state index in [-0.39, 0.29) is 6.10 Å². The second kappa shape index (κ2) is 4.61. The van der Waals surface area contributed by atoms with E-state index in [9.17, 15) is 0 Å². The zero-order valence-corrected chi connectivity index (χ0v) is 10.7. The summed E-state index contributed by atoms with van der Waals surface area (Å²) in [7, 11) is 0. The van der Waals surface area contributed by atoms with Crippen LogP contribution in [0.4, 0.5) is 0 Å². The average molecular weight is 229 g/mol. The van der Waals surface area contributed by atoms with Gasteiger partial charge in [0.25, 0.3) is 0 Å². The molecule has 0 unspecified atom stereocenters. The number of morpholine rings is 1. The minimum atomic E-state index is -0.409. The van der Waals surface area contributed by atoms with E-state index >= 15 is 0 Å². The third-order valence-electron chi connectivity index (χ3n) is 3.02. The highest BCUT2D eigenvalue weighted by molar-refractivity contribution is 4.79. The minimum absolute atomic E-state index is 0.201. The van der Waals surface area contributed by atoms with Crippen molar-refractivity contribution in [2.24, 2.45) is 0 Å². The summed E-state index contributed by atoms with van der Waals surface area (Å²) in [6, 6.07) is 0. The van der Waals surface area contributed by atoms with Gasteiger partial charge in [-0.25, -0.2) is 0 Å².